The van der Waals surface area contributed by atoms with Crippen LogP contribution >= 0.6 is 0 Å². The average Bonchev–Trinajstić information content (AvgIpc) is 3.37. The Hall–Kier alpha value is -2.94. The molecule has 0 aromatic heterocycles. The Morgan fingerprint density at radius 1 is 1.05 bits per heavy atom. The molecule has 0 bridgehead atoms. The molecule has 0 aliphatic carbocycles. The first kappa shape index (κ1) is 32.3. The van der Waals surface area contributed by atoms with Gasteiger partial charge in [0.05, 0.1) is 31.4 Å². The SMILES string of the molecule is C=N/C=C\N=C(/C)C(=O)N[C@@H](Cc1ccccc1)C(=O)N[C@@H](CC(C)C)B1OC(C(O)CO)C(C(O)CO)O1. The minimum absolute atomic E-state index is 0.0762. The van der Waals surface area contributed by atoms with Crippen LogP contribution in [0.3, 0.4) is 0 Å². The van der Waals surface area contributed by atoms with Crippen LogP contribution < -0.4 is 10.6 Å². The second-order valence-corrected chi connectivity index (χ2v) is 9.73. The summed E-state index contributed by atoms with van der Waals surface area (Å²) in [7, 11) is -1.10. The number of amides is 2. The lowest BCUT2D eigenvalue weighted by Gasteiger charge is -2.26. The predicted octanol–water partition coefficient (Wildman–Crippen LogP) is -0.605. The number of benzene rings is 1. The van der Waals surface area contributed by atoms with E-state index in [1.165, 1.54) is 19.3 Å². The molecule has 6 N–H and O–H groups in total. The standard InChI is InChI=1S/C26H39BN4O8/c1-16(2)12-22(27-38-23(20(34)14-32)24(39-27)21(35)15-33)31-26(37)19(13-18-8-6-5-7-9-18)30-25(36)17(3)29-11-10-28-4/h5-11,16,19-24,32-35H,4,12-15H2,1-3H3,(H,30,36)(H,31,37)/b11-10-,29-17+/t19-,20?,21?,22-,23?,24?/m0/s1. The Morgan fingerprint density at radius 3 is 2.15 bits per heavy atom. The highest BCUT2D eigenvalue weighted by atomic mass is 16.7. The van der Waals surface area contributed by atoms with E-state index < -0.39 is 68.5 Å². The zero-order valence-corrected chi connectivity index (χ0v) is 22.5. The monoisotopic (exact) mass is 546 g/mol. The van der Waals surface area contributed by atoms with E-state index in [4.69, 9.17) is 9.31 Å². The van der Waals surface area contributed by atoms with Gasteiger partial charge in [-0.25, -0.2) is 0 Å². The third-order valence-electron chi connectivity index (χ3n) is 6.09. The van der Waals surface area contributed by atoms with Gasteiger partial charge in [-0.2, -0.15) is 0 Å². The van der Waals surface area contributed by atoms with E-state index in [0.29, 0.717) is 6.42 Å². The number of hydrogen-bond donors (Lipinski definition) is 6. The first-order valence-electron chi connectivity index (χ1n) is 12.8. The van der Waals surface area contributed by atoms with Gasteiger partial charge in [0, 0.05) is 18.8 Å². The lowest BCUT2D eigenvalue weighted by atomic mass is 9.74. The molecule has 2 amide bonds. The number of rotatable bonds is 15. The van der Waals surface area contributed by atoms with Crippen molar-refractivity contribution in [3.8, 4) is 0 Å². The van der Waals surface area contributed by atoms with Gasteiger partial charge in [0.25, 0.3) is 5.91 Å². The maximum Gasteiger partial charge on any atom is 0.481 e. The number of hydrogen-bond acceptors (Lipinski definition) is 10. The molecule has 1 aliphatic heterocycles. The van der Waals surface area contributed by atoms with Crippen LogP contribution in [0.15, 0.2) is 52.7 Å². The quantitative estimate of drug-likeness (QED) is 0.124. The highest BCUT2D eigenvalue weighted by Gasteiger charge is 2.50. The molecule has 1 saturated heterocycles. The highest BCUT2D eigenvalue weighted by Crippen LogP contribution is 2.26. The first-order chi connectivity index (χ1) is 18.6. The van der Waals surface area contributed by atoms with Crippen molar-refractivity contribution < 1.29 is 39.3 Å². The number of aliphatic hydroxyl groups is 4. The summed E-state index contributed by atoms with van der Waals surface area (Å²) >= 11 is 0. The number of aliphatic hydroxyl groups excluding tert-OH is 4. The summed E-state index contributed by atoms with van der Waals surface area (Å²) in [4.78, 5) is 33.9. The third kappa shape index (κ3) is 9.95. The summed E-state index contributed by atoms with van der Waals surface area (Å²) in [5, 5.41) is 44.9. The van der Waals surface area contributed by atoms with Gasteiger partial charge in [-0.1, -0.05) is 44.2 Å². The Morgan fingerprint density at radius 2 is 1.64 bits per heavy atom. The summed E-state index contributed by atoms with van der Waals surface area (Å²) in [6.45, 7) is 7.37. The van der Waals surface area contributed by atoms with Gasteiger partial charge in [-0.05, 0) is 31.5 Å². The molecule has 0 radical (unpaired) electrons. The fraction of sp³-hybridized carbons (Fsp3) is 0.538. The maximum absolute atomic E-state index is 13.6. The Labute approximate surface area is 229 Å². The Bertz CT molecular complexity index is 975. The molecule has 12 nitrogen and oxygen atoms in total. The molecule has 0 saturated carbocycles. The number of carbonyl (C=O) groups is 2. The van der Waals surface area contributed by atoms with Crippen molar-refractivity contribution in [2.75, 3.05) is 13.2 Å². The molecular weight excluding hydrogens is 507 g/mol. The number of nitrogens with zero attached hydrogens (tertiary/aromatic N) is 2. The van der Waals surface area contributed by atoms with Gasteiger partial charge in [0.15, 0.2) is 0 Å². The van der Waals surface area contributed by atoms with Gasteiger partial charge < -0.3 is 40.4 Å². The van der Waals surface area contributed by atoms with Gasteiger partial charge in [-0.15, -0.1) is 0 Å². The van der Waals surface area contributed by atoms with Crippen LogP contribution in [-0.2, 0) is 25.3 Å². The van der Waals surface area contributed by atoms with E-state index in [1.807, 2.05) is 44.2 Å². The summed E-state index contributed by atoms with van der Waals surface area (Å²) in [6.07, 6.45) is -1.80. The predicted molar refractivity (Wildman–Crippen MR) is 147 cm³/mol. The summed E-state index contributed by atoms with van der Waals surface area (Å²) in [6, 6.07) is 8.18. The van der Waals surface area contributed by atoms with Crippen molar-refractivity contribution in [1.82, 2.24) is 10.6 Å². The zero-order valence-electron chi connectivity index (χ0n) is 22.5. The average molecular weight is 546 g/mol. The molecule has 1 heterocycles. The lowest BCUT2D eigenvalue weighted by molar-refractivity contribution is -0.127. The molecule has 2 rings (SSSR count). The summed E-state index contributed by atoms with van der Waals surface area (Å²) in [5.74, 6) is -1.72. The van der Waals surface area contributed by atoms with Crippen molar-refractivity contribution in [2.24, 2.45) is 15.9 Å². The minimum atomic E-state index is -1.38. The van der Waals surface area contributed by atoms with Gasteiger partial charge in [-0.3, -0.25) is 19.6 Å². The fourth-order valence-electron chi connectivity index (χ4n) is 4.12. The van der Waals surface area contributed by atoms with Crippen molar-refractivity contribution >= 4 is 31.4 Å². The van der Waals surface area contributed by atoms with Gasteiger partial charge in [0.2, 0.25) is 5.91 Å². The number of nitrogens with one attached hydrogen (secondary N) is 2. The molecule has 0 spiro atoms. The van der Waals surface area contributed by atoms with Crippen molar-refractivity contribution in [1.29, 1.82) is 0 Å². The molecule has 13 heteroatoms. The third-order valence-corrected chi connectivity index (χ3v) is 6.09. The minimum Gasteiger partial charge on any atom is -0.401 e. The second-order valence-electron chi connectivity index (χ2n) is 9.73. The van der Waals surface area contributed by atoms with E-state index in [-0.39, 0.29) is 18.1 Å². The molecule has 4 unspecified atom stereocenters. The van der Waals surface area contributed by atoms with Crippen LogP contribution in [0.4, 0.5) is 0 Å². The maximum atomic E-state index is 13.6. The topological polar surface area (TPSA) is 182 Å². The number of carbonyl (C=O) groups excluding carboxylic acids is 2. The zero-order chi connectivity index (χ0) is 28.9. The fourth-order valence-corrected chi connectivity index (χ4v) is 4.12. The number of aliphatic imine (C=N–C) groups is 2. The molecule has 1 aromatic rings. The molecule has 1 aliphatic rings. The van der Waals surface area contributed by atoms with Crippen LogP contribution in [-0.4, -0.2) is 101 Å². The molecule has 214 valence electrons. The highest BCUT2D eigenvalue weighted by molar-refractivity contribution is 6.47. The van der Waals surface area contributed by atoms with Crippen molar-refractivity contribution in [2.45, 2.75) is 70.0 Å². The molecule has 39 heavy (non-hydrogen) atoms. The first-order valence-corrected chi connectivity index (χ1v) is 12.8. The van der Waals surface area contributed by atoms with Crippen molar-refractivity contribution in [3.05, 3.63) is 48.3 Å². The molecular formula is C26H39BN4O8. The largest absolute Gasteiger partial charge is 0.481 e. The molecule has 1 fully saturated rings. The molecule has 6 atom stereocenters. The smallest absolute Gasteiger partial charge is 0.401 e. The van der Waals surface area contributed by atoms with Crippen LogP contribution in [0.1, 0.15) is 32.8 Å². The van der Waals surface area contributed by atoms with Crippen LogP contribution in [0, 0.1) is 5.92 Å². The van der Waals surface area contributed by atoms with E-state index in [2.05, 4.69) is 27.3 Å². The van der Waals surface area contributed by atoms with Crippen molar-refractivity contribution in [3.63, 3.8) is 0 Å². The Kier molecular flexibility index (Phi) is 13.4. The second kappa shape index (κ2) is 16.2. The van der Waals surface area contributed by atoms with Crippen LogP contribution in [0.25, 0.3) is 0 Å². The summed E-state index contributed by atoms with van der Waals surface area (Å²) in [5.41, 5.74) is 0.929. The normalized spacial score (nSPS) is 21.0. The van der Waals surface area contributed by atoms with Gasteiger partial charge in [0.1, 0.15) is 24.0 Å². The van der Waals surface area contributed by atoms with Gasteiger partial charge >= 0.3 is 7.12 Å². The van der Waals surface area contributed by atoms with Crippen LogP contribution in [0.5, 0.6) is 0 Å². The summed E-state index contributed by atoms with van der Waals surface area (Å²) < 4.78 is 11.7. The Balaban J connectivity index is 2.29. The van der Waals surface area contributed by atoms with E-state index in [1.54, 1.807) is 0 Å². The van der Waals surface area contributed by atoms with Crippen LogP contribution in [0.2, 0.25) is 0 Å². The van der Waals surface area contributed by atoms with E-state index >= 15 is 0 Å². The molecule has 1 aromatic carbocycles. The van der Waals surface area contributed by atoms with E-state index in [0.717, 1.165) is 5.56 Å². The lowest BCUT2D eigenvalue weighted by Crippen LogP contribution is -2.56. The van der Waals surface area contributed by atoms with E-state index in [9.17, 15) is 30.0 Å².